The highest BCUT2D eigenvalue weighted by Crippen LogP contribution is 2.31. The number of aromatic nitrogens is 1. The number of benzene rings is 1. The molecule has 1 aromatic carbocycles. The second kappa shape index (κ2) is 6.69. The predicted octanol–water partition coefficient (Wildman–Crippen LogP) is 3.47. The van der Waals surface area contributed by atoms with E-state index in [1.807, 2.05) is 20.8 Å². The summed E-state index contributed by atoms with van der Waals surface area (Å²) in [6, 6.07) is 2.90. The zero-order valence-electron chi connectivity index (χ0n) is 14.2. The minimum atomic E-state index is -0.751. The van der Waals surface area contributed by atoms with E-state index in [0.717, 1.165) is 11.3 Å². The van der Waals surface area contributed by atoms with Crippen molar-refractivity contribution in [1.82, 2.24) is 5.16 Å². The number of methoxy groups -OCH3 is 1. The Hall–Kier alpha value is -2.90. The van der Waals surface area contributed by atoms with Crippen molar-refractivity contribution in [3.63, 3.8) is 0 Å². The van der Waals surface area contributed by atoms with E-state index in [9.17, 15) is 14.9 Å². The number of hydrogen-bond acceptors (Lipinski definition) is 7. The summed E-state index contributed by atoms with van der Waals surface area (Å²) in [4.78, 5) is 22.5. The SMILES string of the molecule is COC(=O)c1cc(N[C@@H](C)c2c(C)noc2C)cc(C)c1[N+](=O)[O-]. The quantitative estimate of drug-likeness (QED) is 0.507. The molecule has 0 saturated carbocycles. The van der Waals surface area contributed by atoms with Crippen LogP contribution in [0.2, 0.25) is 0 Å². The Morgan fingerprint density at radius 1 is 1.38 bits per heavy atom. The van der Waals surface area contributed by atoms with Crippen molar-refractivity contribution in [2.75, 3.05) is 12.4 Å². The molecule has 2 aromatic rings. The van der Waals surface area contributed by atoms with Crippen molar-refractivity contribution in [3.8, 4) is 0 Å². The van der Waals surface area contributed by atoms with E-state index in [2.05, 4.69) is 15.2 Å². The molecule has 1 aromatic heterocycles. The molecule has 0 spiro atoms. The van der Waals surface area contributed by atoms with Gasteiger partial charge in [0.25, 0.3) is 5.69 Å². The van der Waals surface area contributed by atoms with Gasteiger partial charge in [-0.05, 0) is 39.8 Å². The van der Waals surface area contributed by atoms with Gasteiger partial charge in [0.1, 0.15) is 11.3 Å². The number of carbonyl (C=O) groups is 1. The Labute approximate surface area is 138 Å². The Kier molecular flexibility index (Phi) is 4.87. The number of aryl methyl sites for hydroxylation is 3. The van der Waals surface area contributed by atoms with Crippen LogP contribution in [-0.2, 0) is 4.74 Å². The highest BCUT2D eigenvalue weighted by Gasteiger charge is 2.25. The first kappa shape index (κ1) is 17.5. The summed E-state index contributed by atoms with van der Waals surface area (Å²) < 4.78 is 9.81. The normalized spacial score (nSPS) is 11.9. The van der Waals surface area contributed by atoms with Crippen LogP contribution in [0.4, 0.5) is 11.4 Å². The molecule has 0 saturated heterocycles. The largest absolute Gasteiger partial charge is 0.465 e. The van der Waals surface area contributed by atoms with Crippen molar-refractivity contribution in [2.45, 2.75) is 33.7 Å². The average molecular weight is 333 g/mol. The zero-order chi connectivity index (χ0) is 18.0. The molecule has 0 radical (unpaired) electrons. The van der Waals surface area contributed by atoms with E-state index >= 15 is 0 Å². The third-order valence-corrected chi connectivity index (χ3v) is 3.79. The molecule has 0 aliphatic heterocycles. The summed E-state index contributed by atoms with van der Waals surface area (Å²) >= 11 is 0. The lowest BCUT2D eigenvalue weighted by Gasteiger charge is -2.16. The smallest absolute Gasteiger partial charge is 0.344 e. The van der Waals surface area contributed by atoms with Crippen LogP contribution in [-0.4, -0.2) is 23.2 Å². The van der Waals surface area contributed by atoms with Crippen LogP contribution in [0.25, 0.3) is 0 Å². The molecule has 24 heavy (non-hydrogen) atoms. The zero-order valence-corrected chi connectivity index (χ0v) is 14.2. The van der Waals surface area contributed by atoms with Gasteiger partial charge in [-0.2, -0.15) is 0 Å². The number of nitro benzene ring substituents is 1. The lowest BCUT2D eigenvalue weighted by molar-refractivity contribution is -0.385. The number of nitro groups is 1. The molecule has 1 N–H and O–H groups in total. The van der Waals surface area contributed by atoms with Crippen molar-refractivity contribution in [2.24, 2.45) is 0 Å². The topological polar surface area (TPSA) is 108 Å². The number of nitrogens with zero attached hydrogens (tertiary/aromatic N) is 2. The summed E-state index contributed by atoms with van der Waals surface area (Å²) in [7, 11) is 1.19. The number of nitrogens with one attached hydrogen (secondary N) is 1. The molecule has 128 valence electrons. The highest BCUT2D eigenvalue weighted by atomic mass is 16.6. The average Bonchev–Trinajstić information content (AvgIpc) is 2.84. The van der Waals surface area contributed by atoms with Gasteiger partial charge in [0.05, 0.1) is 23.8 Å². The van der Waals surface area contributed by atoms with Gasteiger partial charge in [0.2, 0.25) is 0 Å². The fourth-order valence-electron chi connectivity index (χ4n) is 2.80. The molecular weight excluding hydrogens is 314 g/mol. The summed E-state index contributed by atoms with van der Waals surface area (Å²) in [6.07, 6.45) is 0. The van der Waals surface area contributed by atoms with Gasteiger partial charge in [0, 0.05) is 16.8 Å². The van der Waals surface area contributed by atoms with Crippen LogP contribution in [0.1, 0.15) is 45.9 Å². The van der Waals surface area contributed by atoms with Gasteiger partial charge in [-0.3, -0.25) is 10.1 Å². The standard InChI is InChI=1S/C16H19N3O5/c1-8-6-12(7-13(16(20)23-5)15(8)19(21)22)17-9(2)14-10(3)18-24-11(14)4/h6-7,9,17H,1-5H3/t9-/m0/s1. The van der Waals surface area contributed by atoms with E-state index in [0.29, 0.717) is 17.0 Å². The van der Waals surface area contributed by atoms with Crippen LogP contribution in [0.3, 0.4) is 0 Å². The number of rotatable bonds is 5. The van der Waals surface area contributed by atoms with Crippen molar-refractivity contribution in [3.05, 3.63) is 50.4 Å². The Balaban J connectivity index is 2.43. The summed E-state index contributed by atoms with van der Waals surface area (Å²) in [5.74, 6) is -0.0576. The molecule has 0 bridgehead atoms. The van der Waals surface area contributed by atoms with E-state index < -0.39 is 10.9 Å². The Bertz CT molecular complexity index is 778. The first-order chi connectivity index (χ1) is 11.3. The second-order valence-corrected chi connectivity index (χ2v) is 5.54. The van der Waals surface area contributed by atoms with E-state index in [4.69, 9.17) is 4.52 Å². The van der Waals surface area contributed by atoms with Gasteiger partial charge in [0.15, 0.2) is 0 Å². The summed E-state index contributed by atoms with van der Waals surface area (Å²) in [6.45, 7) is 7.15. The molecule has 1 heterocycles. The third kappa shape index (κ3) is 3.22. The second-order valence-electron chi connectivity index (χ2n) is 5.54. The van der Waals surface area contributed by atoms with Crippen LogP contribution in [0.5, 0.6) is 0 Å². The molecule has 1 atom stereocenters. The van der Waals surface area contributed by atoms with Gasteiger partial charge in [-0.1, -0.05) is 5.16 Å². The lowest BCUT2D eigenvalue weighted by atomic mass is 10.0. The van der Waals surface area contributed by atoms with Gasteiger partial charge in [-0.25, -0.2) is 4.79 Å². The van der Waals surface area contributed by atoms with Crippen LogP contribution in [0, 0.1) is 30.9 Å². The molecular formula is C16H19N3O5. The molecule has 0 aliphatic carbocycles. The van der Waals surface area contributed by atoms with Gasteiger partial charge in [-0.15, -0.1) is 0 Å². The third-order valence-electron chi connectivity index (χ3n) is 3.79. The molecule has 0 amide bonds. The van der Waals surface area contributed by atoms with Crippen LogP contribution < -0.4 is 5.32 Å². The minimum Gasteiger partial charge on any atom is -0.465 e. The number of anilines is 1. The number of ether oxygens (including phenoxy) is 1. The summed E-state index contributed by atoms with van der Waals surface area (Å²) in [5, 5.41) is 18.4. The van der Waals surface area contributed by atoms with Crippen LogP contribution in [0.15, 0.2) is 16.7 Å². The molecule has 2 rings (SSSR count). The minimum absolute atomic E-state index is 0.0871. The van der Waals surface area contributed by atoms with Crippen LogP contribution >= 0.6 is 0 Å². The fourth-order valence-corrected chi connectivity index (χ4v) is 2.80. The molecule has 8 nitrogen and oxygen atoms in total. The maximum absolute atomic E-state index is 11.9. The molecule has 0 fully saturated rings. The number of hydrogen-bond donors (Lipinski definition) is 1. The maximum Gasteiger partial charge on any atom is 0.344 e. The monoisotopic (exact) mass is 333 g/mol. The Morgan fingerprint density at radius 3 is 2.54 bits per heavy atom. The molecule has 0 aliphatic rings. The first-order valence-corrected chi connectivity index (χ1v) is 7.32. The predicted molar refractivity (Wildman–Crippen MR) is 87.2 cm³/mol. The van der Waals surface area contributed by atoms with Crippen molar-refractivity contribution in [1.29, 1.82) is 0 Å². The fraction of sp³-hybridized carbons (Fsp3) is 0.375. The molecule has 8 heteroatoms. The lowest BCUT2D eigenvalue weighted by Crippen LogP contribution is -2.12. The Morgan fingerprint density at radius 2 is 2.04 bits per heavy atom. The van der Waals surface area contributed by atoms with Crippen molar-refractivity contribution >= 4 is 17.3 Å². The highest BCUT2D eigenvalue weighted by molar-refractivity contribution is 5.95. The van der Waals surface area contributed by atoms with E-state index in [-0.39, 0.29) is 17.3 Å². The number of esters is 1. The molecule has 0 unspecified atom stereocenters. The van der Waals surface area contributed by atoms with Crippen molar-refractivity contribution < 1.29 is 19.0 Å². The van der Waals surface area contributed by atoms with E-state index in [1.54, 1.807) is 13.0 Å². The van der Waals surface area contributed by atoms with Gasteiger partial charge < -0.3 is 14.6 Å². The summed E-state index contributed by atoms with van der Waals surface area (Å²) in [5.41, 5.74) is 2.28. The van der Waals surface area contributed by atoms with E-state index in [1.165, 1.54) is 13.2 Å². The number of carbonyl (C=O) groups excluding carboxylic acids is 1. The maximum atomic E-state index is 11.9. The first-order valence-electron chi connectivity index (χ1n) is 7.32. The van der Waals surface area contributed by atoms with Gasteiger partial charge >= 0.3 is 5.97 Å².